The average Bonchev–Trinajstić information content (AvgIpc) is 3.09. The minimum absolute atomic E-state index is 0.0293. The second-order valence-electron chi connectivity index (χ2n) is 5.41. The van der Waals surface area contributed by atoms with Gasteiger partial charge in [0.05, 0.1) is 5.69 Å². The molecule has 24 heavy (non-hydrogen) atoms. The van der Waals surface area contributed by atoms with Crippen LogP contribution in [0.3, 0.4) is 0 Å². The molecule has 0 saturated heterocycles. The number of halogens is 1. The third-order valence-electron chi connectivity index (χ3n) is 3.77. The van der Waals surface area contributed by atoms with E-state index in [9.17, 15) is 9.18 Å². The van der Waals surface area contributed by atoms with Crippen molar-refractivity contribution < 1.29 is 9.18 Å². The number of thiazole rings is 1. The molecule has 0 aliphatic carbocycles. The maximum absolute atomic E-state index is 13.8. The van der Waals surface area contributed by atoms with Gasteiger partial charge in [0, 0.05) is 30.1 Å². The molecule has 0 saturated carbocycles. The van der Waals surface area contributed by atoms with Crippen molar-refractivity contribution in [2.45, 2.75) is 12.8 Å². The Labute approximate surface area is 144 Å². The van der Waals surface area contributed by atoms with E-state index in [1.807, 2.05) is 35.7 Å². The van der Waals surface area contributed by atoms with E-state index in [0.29, 0.717) is 23.4 Å². The van der Waals surface area contributed by atoms with E-state index in [1.165, 1.54) is 17.4 Å². The summed E-state index contributed by atoms with van der Waals surface area (Å²) in [4.78, 5) is 18.4. The highest BCUT2D eigenvalue weighted by molar-refractivity contribution is 7.13. The van der Waals surface area contributed by atoms with Gasteiger partial charge in [0.25, 0.3) is 0 Å². The monoisotopic (exact) mass is 340 g/mol. The second-order valence-corrected chi connectivity index (χ2v) is 6.27. The molecular formula is C19H17FN2OS. The third kappa shape index (κ3) is 3.68. The van der Waals surface area contributed by atoms with E-state index in [-0.39, 0.29) is 11.7 Å². The maximum Gasteiger partial charge on any atom is 0.227 e. The van der Waals surface area contributed by atoms with Gasteiger partial charge in [-0.25, -0.2) is 9.37 Å². The summed E-state index contributed by atoms with van der Waals surface area (Å²) in [5, 5.41) is 2.53. The smallest absolute Gasteiger partial charge is 0.227 e. The average molecular weight is 340 g/mol. The number of benzene rings is 2. The number of amides is 1. The van der Waals surface area contributed by atoms with Crippen molar-refractivity contribution in [1.82, 2.24) is 4.98 Å². The Kier molecular flexibility index (Phi) is 5.01. The molecule has 0 N–H and O–H groups in total. The Bertz CT molecular complexity index is 832. The Balaban J connectivity index is 1.64. The molecule has 1 heterocycles. The van der Waals surface area contributed by atoms with Crippen LogP contribution in [0, 0.1) is 5.82 Å². The van der Waals surface area contributed by atoms with Gasteiger partial charge < -0.3 is 4.90 Å². The first-order valence-electron chi connectivity index (χ1n) is 7.66. The molecule has 2 aromatic carbocycles. The highest BCUT2D eigenvalue weighted by Gasteiger charge is 2.13. The summed E-state index contributed by atoms with van der Waals surface area (Å²) in [6.45, 7) is 0. The number of hydrogen-bond donors (Lipinski definition) is 0. The minimum atomic E-state index is -0.279. The summed E-state index contributed by atoms with van der Waals surface area (Å²) < 4.78 is 13.8. The molecule has 5 heteroatoms. The van der Waals surface area contributed by atoms with E-state index in [1.54, 1.807) is 30.1 Å². The normalized spacial score (nSPS) is 10.6. The molecule has 0 aliphatic rings. The van der Waals surface area contributed by atoms with Crippen molar-refractivity contribution in [3.05, 3.63) is 71.5 Å². The lowest BCUT2D eigenvalue weighted by Crippen LogP contribution is -2.26. The molecule has 0 unspecified atom stereocenters. The fourth-order valence-electron chi connectivity index (χ4n) is 2.38. The predicted octanol–water partition coefficient (Wildman–Crippen LogP) is 4.54. The van der Waals surface area contributed by atoms with Crippen molar-refractivity contribution in [1.29, 1.82) is 0 Å². The number of hydrogen-bond acceptors (Lipinski definition) is 3. The Hall–Kier alpha value is -2.53. The van der Waals surface area contributed by atoms with E-state index >= 15 is 0 Å². The number of carbonyl (C=O) groups excluding carboxylic acids is 1. The highest BCUT2D eigenvalue weighted by atomic mass is 32.1. The van der Waals surface area contributed by atoms with Gasteiger partial charge in [-0.15, -0.1) is 11.3 Å². The largest absolute Gasteiger partial charge is 0.315 e. The lowest BCUT2D eigenvalue weighted by atomic mass is 10.2. The first-order chi connectivity index (χ1) is 11.6. The molecule has 122 valence electrons. The predicted molar refractivity (Wildman–Crippen MR) is 95.7 cm³/mol. The number of para-hydroxylation sites is 1. The molecule has 1 amide bonds. The van der Waals surface area contributed by atoms with Crippen LogP contribution in [0.4, 0.5) is 10.1 Å². The number of aryl methyl sites for hydroxylation is 1. The van der Waals surface area contributed by atoms with Gasteiger partial charge in [0.2, 0.25) is 5.91 Å². The summed E-state index contributed by atoms with van der Waals surface area (Å²) in [6.07, 6.45) is 0.910. The summed E-state index contributed by atoms with van der Waals surface area (Å²) in [6, 6.07) is 16.1. The molecular weight excluding hydrogens is 323 g/mol. The topological polar surface area (TPSA) is 33.2 Å². The van der Waals surface area contributed by atoms with Crippen LogP contribution in [0.5, 0.6) is 0 Å². The molecule has 0 spiro atoms. The Morgan fingerprint density at radius 1 is 1.12 bits per heavy atom. The lowest BCUT2D eigenvalue weighted by molar-refractivity contribution is -0.118. The van der Waals surface area contributed by atoms with E-state index in [0.717, 1.165) is 11.4 Å². The van der Waals surface area contributed by atoms with Crippen molar-refractivity contribution in [3.8, 4) is 10.6 Å². The summed E-state index contributed by atoms with van der Waals surface area (Å²) in [5.74, 6) is -0.250. The Morgan fingerprint density at radius 2 is 1.83 bits per heavy atom. The van der Waals surface area contributed by atoms with Crippen molar-refractivity contribution in [3.63, 3.8) is 0 Å². The zero-order valence-corrected chi connectivity index (χ0v) is 14.1. The first-order valence-corrected chi connectivity index (χ1v) is 8.54. The van der Waals surface area contributed by atoms with Crippen LogP contribution in [0.2, 0.25) is 0 Å². The van der Waals surface area contributed by atoms with Crippen LogP contribution in [0.1, 0.15) is 12.1 Å². The van der Waals surface area contributed by atoms with Gasteiger partial charge in [0.15, 0.2) is 0 Å². The maximum atomic E-state index is 13.8. The van der Waals surface area contributed by atoms with Crippen molar-refractivity contribution in [2.75, 3.05) is 11.9 Å². The van der Waals surface area contributed by atoms with Crippen LogP contribution >= 0.6 is 11.3 Å². The van der Waals surface area contributed by atoms with Crippen LogP contribution in [0.25, 0.3) is 10.6 Å². The molecule has 3 nitrogen and oxygen atoms in total. The fourth-order valence-corrected chi connectivity index (χ4v) is 3.26. The van der Waals surface area contributed by atoms with Crippen LogP contribution < -0.4 is 4.90 Å². The minimum Gasteiger partial charge on any atom is -0.315 e. The van der Waals surface area contributed by atoms with Crippen LogP contribution in [-0.2, 0) is 11.2 Å². The SMILES string of the molecule is CN(C(=O)CCc1csc(-c2ccccc2F)n1)c1ccccc1. The second kappa shape index (κ2) is 7.36. The zero-order chi connectivity index (χ0) is 16.9. The van der Waals surface area contributed by atoms with Crippen molar-refractivity contribution in [2.24, 2.45) is 0 Å². The van der Waals surface area contributed by atoms with Crippen molar-refractivity contribution >= 4 is 22.9 Å². The summed E-state index contributed by atoms with van der Waals surface area (Å²) >= 11 is 1.40. The van der Waals surface area contributed by atoms with Gasteiger partial charge >= 0.3 is 0 Å². The summed E-state index contributed by atoms with van der Waals surface area (Å²) in [7, 11) is 1.77. The standard InChI is InChI=1S/C19H17FN2OS/c1-22(15-7-3-2-4-8-15)18(23)12-11-14-13-24-19(21-14)16-9-5-6-10-17(16)20/h2-10,13H,11-12H2,1H3. The molecule has 0 fully saturated rings. The van der Waals surface area contributed by atoms with Gasteiger partial charge in [-0.1, -0.05) is 30.3 Å². The number of rotatable bonds is 5. The highest BCUT2D eigenvalue weighted by Crippen LogP contribution is 2.26. The van der Waals surface area contributed by atoms with Crippen LogP contribution in [-0.4, -0.2) is 17.9 Å². The van der Waals surface area contributed by atoms with E-state index in [2.05, 4.69) is 4.98 Å². The van der Waals surface area contributed by atoms with E-state index < -0.39 is 0 Å². The molecule has 0 bridgehead atoms. The molecule has 0 atom stereocenters. The van der Waals surface area contributed by atoms with Gasteiger partial charge in [-0.3, -0.25) is 4.79 Å². The zero-order valence-electron chi connectivity index (χ0n) is 13.3. The fraction of sp³-hybridized carbons (Fsp3) is 0.158. The number of anilines is 1. The first kappa shape index (κ1) is 16.3. The third-order valence-corrected chi connectivity index (χ3v) is 4.69. The summed E-state index contributed by atoms with van der Waals surface area (Å²) in [5.41, 5.74) is 2.18. The number of nitrogens with zero attached hydrogens (tertiary/aromatic N) is 2. The quantitative estimate of drug-likeness (QED) is 0.683. The molecule has 0 radical (unpaired) electrons. The number of aromatic nitrogens is 1. The lowest BCUT2D eigenvalue weighted by Gasteiger charge is -2.16. The molecule has 3 rings (SSSR count). The molecule has 3 aromatic rings. The molecule has 0 aliphatic heterocycles. The van der Waals surface area contributed by atoms with Gasteiger partial charge in [0.1, 0.15) is 10.8 Å². The van der Waals surface area contributed by atoms with Gasteiger partial charge in [-0.2, -0.15) is 0 Å². The van der Waals surface area contributed by atoms with E-state index in [4.69, 9.17) is 0 Å². The molecule has 1 aromatic heterocycles. The Morgan fingerprint density at radius 3 is 2.58 bits per heavy atom. The van der Waals surface area contributed by atoms with Gasteiger partial charge in [-0.05, 0) is 30.7 Å². The number of carbonyl (C=O) groups is 1. The van der Waals surface area contributed by atoms with Crippen LogP contribution in [0.15, 0.2) is 60.0 Å².